The lowest BCUT2D eigenvalue weighted by Crippen LogP contribution is -1.97. The summed E-state index contributed by atoms with van der Waals surface area (Å²) in [6.45, 7) is 0.872. The molecule has 24 heavy (non-hydrogen) atoms. The molecule has 0 aliphatic carbocycles. The molecule has 1 nitrogen and oxygen atoms in total. The molecule has 0 aromatic carbocycles. The lowest BCUT2D eigenvalue weighted by Gasteiger charge is -2.04. The van der Waals surface area contributed by atoms with Crippen molar-refractivity contribution < 1.29 is 0 Å². The zero-order chi connectivity index (χ0) is 17.6. The third-order valence-corrected chi connectivity index (χ3v) is 5.43. The Morgan fingerprint density at radius 1 is 0.333 bits per heavy atom. The van der Waals surface area contributed by atoms with Gasteiger partial charge in [-0.05, 0) is 25.1 Å². The van der Waals surface area contributed by atoms with E-state index >= 15 is 0 Å². The Bertz CT molecular complexity index is 186. The quantitative estimate of drug-likeness (QED) is 0.160. The van der Waals surface area contributed by atoms with Crippen molar-refractivity contribution >= 4 is 12.6 Å². The van der Waals surface area contributed by atoms with E-state index in [0.29, 0.717) is 0 Å². The molecule has 0 aliphatic rings. The number of hydrogen-bond acceptors (Lipinski definition) is 2. The Hall–Kier alpha value is 0.310. The third-order valence-electron chi connectivity index (χ3n) is 5.11. The molecule has 0 spiro atoms. The Morgan fingerprint density at radius 3 is 0.750 bits per heavy atom. The standard InChI is InChI=1S/C22H47NS/c23-21-19-17-15-13-11-9-7-5-3-1-2-4-6-8-10-12-14-16-18-20-22-24/h24H,1-23H2. The average molecular weight is 358 g/mol. The van der Waals surface area contributed by atoms with Crippen LogP contribution in [0.25, 0.3) is 0 Å². The van der Waals surface area contributed by atoms with E-state index in [4.69, 9.17) is 5.73 Å². The molecule has 0 bridgehead atoms. The molecule has 0 aliphatic heterocycles. The maximum Gasteiger partial charge on any atom is -0.00773 e. The van der Waals surface area contributed by atoms with Gasteiger partial charge in [0.15, 0.2) is 0 Å². The summed E-state index contributed by atoms with van der Waals surface area (Å²) >= 11 is 4.26. The normalized spacial score (nSPS) is 11.2. The predicted molar refractivity (Wildman–Crippen MR) is 115 cm³/mol. The van der Waals surface area contributed by atoms with Gasteiger partial charge in [0.05, 0.1) is 0 Å². The summed E-state index contributed by atoms with van der Waals surface area (Å²) in [5.74, 6) is 1.06. The van der Waals surface area contributed by atoms with Crippen molar-refractivity contribution in [2.24, 2.45) is 5.73 Å². The van der Waals surface area contributed by atoms with Crippen LogP contribution in [0, 0.1) is 0 Å². The van der Waals surface area contributed by atoms with Crippen molar-refractivity contribution in [1.29, 1.82) is 0 Å². The van der Waals surface area contributed by atoms with E-state index in [0.717, 1.165) is 12.3 Å². The topological polar surface area (TPSA) is 26.0 Å². The summed E-state index contributed by atoms with van der Waals surface area (Å²) in [5.41, 5.74) is 5.51. The average Bonchev–Trinajstić information content (AvgIpc) is 2.60. The van der Waals surface area contributed by atoms with Crippen LogP contribution in [-0.2, 0) is 0 Å². The highest BCUT2D eigenvalue weighted by Gasteiger charge is 1.95. The van der Waals surface area contributed by atoms with Gasteiger partial charge in [-0.1, -0.05) is 116 Å². The second-order valence-electron chi connectivity index (χ2n) is 7.58. The molecule has 0 radical (unpaired) electrons. The smallest absolute Gasteiger partial charge is 0.00773 e. The van der Waals surface area contributed by atoms with Gasteiger partial charge in [0.2, 0.25) is 0 Å². The molecule has 2 heteroatoms. The second-order valence-corrected chi connectivity index (χ2v) is 8.03. The first-order chi connectivity index (χ1) is 11.9. The minimum absolute atomic E-state index is 0.872. The molecular formula is C22H47NS. The van der Waals surface area contributed by atoms with Crippen LogP contribution in [0.1, 0.15) is 128 Å². The second kappa shape index (κ2) is 23.3. The molecule has 0 saturated carbocycles. The van der Waals surface area contributed by atoms with E-state index in [9.17, 15) is 0 Å². The molecule has 0 aromatic heterocycles. The van der Waals surface area contributed by atoms with Gasteiger partial charge < -0.3 is 5.73 Å². The highest BCUT2D eigenvalue weighted by atomic mass is 32.1. The minimum atomic E-state index is 0.872. The third kappa shape index (κ3) is 22.3. The van der Waals surface area contributed by atoms with Gasteiger partial charge in [-0.3, -0.25) is 0 Å². The van der Waals surface area contributed by atoms with Gasteiger partial charge in [0, 0.05) is 0 Å². The van der Waals surface area contributed by atoms with Gasteiger partial charge in [-0.15, -0.1) is 0 Å². The summed E-state index contributed by atoms with van der Waals surface area (Å²) in [6.07, 6.45) is 28.5. The molecule has 146 valence electrons. The SMILES string of the molecule is NCCCCCCCCCCCCCCCCCCCCCCS. The zero-order valence-corrected chi connectivity index (χ0v) is 17.5. The molecule has 0 atom stereocenters. The van der Waals surface area contributed by atoms with E-state index in [1.165, 1.54) is 128 Å². The van der Waals surface area contributed by atoms with Crippen LogP contribution in [-0.4, -0.2) is 12.3 Å². The van der Waals surface area contributed by atoms with Crippen LogP contribution in [0.15, 0.2) is 0 Å². The Labute approximate surface area is 159 Å². The van der Waals surface area contributed by atoms with Crippen molar-refractivity contribution in [3.63, 3.8) is 0 Å². The van der Waals surface area contributed by atoms with Gasteiger partial charge in [0.25, 0.3) is 0 Å². The van der Waals surface area contributed by atoms with Crippen LogP contribution < -0.4 is 5.73 Å². The van der Waals surface area contributed by atoms with E-state index < -0.39 is 0 Å². The summed E-state index contributed by atoms with van der Waals surface area (Å²) < 4.78 is 0. The van der Waals surface area contributed by atoms with E-state index in [1.807, 2.05) is 0 Å². The van der Waals surface area contributed by atoms with Crippen molar-refractivity contribution in [1.82, 2.24) is 0 Å². The fraction of sp³-hybridized carbons (Fsp3) is 1.00. The molecule has 2 N–H and O–H groups in total. The highest BCUT2D eigenvalue weighted by Crippen LogP contribution is 2.14. The lowest BCUT2D eigenvalue weighted by molar-refractivity contribution is 0.522. The fourth-order valence-electron chi connectivity index (χ4n) is 3.44. The highest BCUT2D eigenvalue weighted by molar-refractivity contribution is 7.80. The van der Waals surface area contributed by atoms with E-state index in [2.05, 4.69) is 12.6 Å². The first-order valence-electron chi connectivity index (χ1n) is 11.2. The zero-order valence-electron chi connectivity index (χ0n) is 16.6. The predicted octanol–water partition coefficient (Wildman–Crippen LogP) is 7.68. The maximum atomic E-state index is 5.51. The van der Waals surface area contributed by atoms with Gasteiger partial charge in [-0.2, -0.15) is 12.6 Å². The molecule has 0 amide bonds. The van der Waals surface area contributed by atoms with Crippen molar-refractivity contribution in [3.05, 3.63) is 0 Å². The van der Waals surface area contributed by atoms with Gasteiger partial charge in [0.1, 0.15) is 0 Å². The Balaban J connectivity index is 2.93. The minimum Gasteiger partial charge on any atom is -0.330 e. The first-order valence-corrected chi connectivity index (χ1v) is 11.9. The Morgan fingerprint density at radius 2 is 0.542 bits per heavy atom. The molecular weight excluding hydrogens is 310 g/mol. The summed E-state index contributed by atoms with van der Waals surface area (Å²) in [5, 5.41) is 0. The summed E-state index contributed by atoms with van der Waals surface area (Å²) in [6, 6.07) is 0. The monoisotopic (exact) mass is 357 g/mol. The number of hydrogen-bond donors (Lipinski definition) is 2. The van der Waals surface area contributed by atoms with Crippen molar-refractivity contribution in [2.45, 2.75) is 128 Å². The van der Waals surface area contributed by atoms with Gasteiger partial charge in [-0.25, -0.2) is 0 Å². The molecule has 0 rings (SSSR count). The van der Waals surface area contributed by atoms with Crippen LogP contribution in [0.2, 0.25) is 0 Å². The maximum absolute atomic E-state index is 5.51. The van der Waals surface area contributed by atoms with Crippen molar-refractivity contribution in [3.8, 4) is 0 Å². The first kappa shape index (κ1) is 24.3. The van der Waals surface area contributed by atoms with E-state index in [1.54, 1.807) is 0 Å². The Kier molecular flexibility index (Phi) is 23.6. The van der Waals surface area contributed by atoms with Crippen LogP contribution in [0.5, 0.6) is 0 Å². The largest absolute Gasteiger partial charge is 0.330 e. The molecule has 0 heterocycles. The van der Waals surface area contributed by atoms with Crippen LogP contribution >= 0.6 is 12.6 Å². The number of unbranched alkanes of at least 4 members (excludes halogenated alkanes) is 19. The summed E-state index contributed by atoms with van der Waals surface area (Å²) in [7, 11) is 0. The fourth-order valence-corrected chi connectivity index (χ4v) is 3.66. The number of rotatable bonds is 21. The molecule has 0 saturated heterocycles. The molecule has 0 unspecified atom stereocenters. The van der Waals surface area contributed by atoms with Crippen LogP contribution in [0.3, 0.4) is 0 Å². The number of thiol groups is 1. The van der Waals surface area contributed by atoms with Crippen LogP contribution in [0.4, 0.5) is 0 Å². The summed E-state index contributed by atoms with van der Waals surface area (Å²) in [4.78, 5) is 0. The van der Waals surface area contributed by atoms with Crippen molar-refractivity contribution in [2.75, 3.05) is 12.3 Å². The van der Waals surface area contributed by atoms with E-state index in [-0.39, 0.29) is 0 Å². The lowest BCUT2D eigenvalue weighted by atomic mass is 10.0. The molecule has 0 aromatic rings. The van der Waals surface area contributed by atoms with Gasteiger partial charge >= 0.3 is 0 Å². The number of nitrogens with two attached hydrogens (primary N) is 1. The molecule has 0 fully saturated rings.